The molecule has 0 spiro atoms. The van der Waals surface area contributed by atoms with Gasteiger partial charge in [0.25, 0.3) is 0 Å². The molecule has 0 aliphatic heterocycles. The van der Waals surface area contributed by atoms with Gasteiger partial charge in [0.15, 0.2) is 0 Å². The second-order valence-corrected chi connectivity index (χ2v) is 8.00. The van der Waals surface area contributed by atoms with E-state index in [1.54, 1.807) is 0 Å². The smallest absolute Gasteiger partial charge is 0.124 e. The van der Waals surface area contributed by atoms with Gasteiger partial charge in [-0.15, -0.1) is 0 Å². The van der Waals surface area contributed by atoms with Crippen molar-refractivity contribution in [1.29, 1.82) is 0 Å². The molecule has 0 N–H and O–H groups in total. The zero-order chi connectivity index (χ0) is 16.5. The molecular formula is C21H32O. The highest BCUT2D eigenvalue weighted by Gasteiger charge is 2.47. The Hall–Kier alpha value is -1.11. The SMILES string of the molecule is C/C=C(C)/C=C(\C)[C@@H]1C(C)=C[C@]2(C)C[C@H](C)CC[C@H]2[C@@H]1C=O. The first-order valence-electron chi connectivity index (χ1n) is 8.78. The maximum Gasteiger partial charge on any atom is 0.124 e. The first kappa shape index (κ1) is 17.2. The lowest BCUT2D eigenvalue weighted by Gasteiger charge is -2.51. The summed E-state index contributed by atoms with van der Waals surface area (Å²) in [6, 6.07) is 0. The van der Waals surface area contributed by atoms with E-state index < -0.39 is 0 Å². The number of carbonyl (C=O) groups excluding carboxylic acids is 1. The summed E-state index contributed by atoms with van der Waals surface area (Å²) in [4.78, 5) is 12.0. The largest absolute Gasteiger partial charge is 0.303 e. The third kappa shape index (κ3) is 3.14. The molecule has 0 unspecified atom stereocenters. The second kappa shape index (κ2) is 6.56. The lowest BCUT2D eigenvalue weighted by atomic mass is 9.53. The van der Waals surface area contributed by atoms with Crippen molar-refractivity contribution in [3.05, 3.63) is 34.9 Å². The van der Waals surface area contributed by atoms with Crippen LogP contribution in [0.15, 0.2) is 34.9 Å². The number of hydrogen-bond acceptors (Lipinski definition) is 1. The molecule has 1 nitrogen and oxygen atoms in total. The molecule has 2 rings (SSSR count). The summed E-state index contributed by atoms with van der Waals surface area (Å²) in [6.45, 7) is 13.4. The van der Waals surface area contributed by atoms with E-state index in [1.165, 1.54) is 42.3 Å². The average molecular weight is 300 g/mol. The molecule has 0 aromatic carbocycles. The normalized spacial score (nSPS) is 40.0. The number of carbonyl (C=O) groups is 1. The number of fused-ring (bicyclic) bond motifs is 1. The van der Waals surface area contributed by atoms with Crippen LogP contribution >= 0.6 is 0 Å². The highest BCUT2D eigenvalue weighted by molar-refractivity contribution is 5.59. The molecule has 5 atom stereocenters. The van der Waals surface area contributed by atoms with Crippen LogP contribution in [-0.4, -0.2) is 6.29 Å². The van der Waals surface area contributed by atoms with Crippen molar-refractivity contribution in [1.82, 2.24) is 0 Å². The van der Waals surface area contributed by atoms with Gasteiger partial charge in [0.1, 0.15) is 6.29 Å². The minimum absolute atomic E-state index is 0.142. The van der Waals surface area contributed by atoms with Gasteiger partial charge < -0.3 is 4.79 Å². The summed E-state index contributed by atoms with van der Waals surface area (Å²) in [5.74, 6) is 1.71. The predicted octanol–water partition coefficient (Wildman–Crippen LogP) is 5.73. The molecule has 2 aliphatic carbocycles. The summed E-state index contributed by atoms with van der Waals surface area (Å²) in [7, 11) is 0. The van der Waals surface area contributed by atoms with E-state index >= 15 is 0 Å². The number of aldehydes is 1. The van der Waals surface area contributed by atoms with Crippen molar-refractivity contribution in [3.8, 4) is 0 Å². The molecule has 22 heavy (non-hydrogen) atoms. The van der Waals surface area contributed by atoms with Crippen LogP contribution in [0.5, 0.6) is 0 Å². The first-order chi connectivity index (χ1) is 10.3. The molecule has 0 aromatic rings. The maximum atomic E-state index is 12.0. The lowest BCUT2D eigenvalue weighted by Crippen LogP contribution is -2.44. The Morgan fingerprint density at radius 3 is 2.59 bits per heavy atom. The zero-order valence-electron chi connectivity index (χ0n) is 15.1. The maximum absolute atomic E-state index is 12.0. The van der Waals surface area contributed by atoms with E-state index in [9.17, 15) is 4.79 Å². The fourth-order valence-corrected chi connectivity index (χ4v) is 5.11. The number of allylic oxidation sites excluding steroid dienone is 6. The van der Waals surface area contributed by atoms with Crippen LogP contribution in [0.25, 0.3) is 0 Å². The van der Waals surface area contributed by atoms with E-state index in [-0.39, 0.29) is 11.3 Å². The third-order valence-corrected chi connectivity index (χ3v) is 6.06. The van der Waals surface area contributed by atoms with Crippen LogP contribution in [0.1, 0.15) is 60.8 Å². The Kier molecular flexibility index (Phi) is 5.14. The van der Waals surface area contributed by atoms with Gasteiger partial charge in [0, 0.05) is 11.8 Å². The molecule has 1 fully saturated rings. The summed E-state index contributed by atoms with van der Waals surface area (Å²) in [6.07, 6.45) is 11.8. The zero-order valence-corrected chi connectivity index (χ0v) is 15.1. The van der Waals surface area contributed by atoms with Crippen molar-refractivity contribution < 1.29 is 4.79 Å². The Morgan fingerprint density at radius 1 is 1.32 bits per heavy atom. The molecule has 0 aromatic heterocycles. The van der Waals surface area contributed by atoms with Crippen molar-refractivity contribution in [3.63, 3.8) is 0 Å². The van der Waals surface area contributed by atoms with Gasteiger partial charge >= 0.3 is 0 Å². The molecule has 0 heterocycles. The Balaban J connectivity index is 2.44. The van der Waals surface area contributed by atoms with Gasteiger partial charge in [0.05, 0.1) is 0 Å². The van der Waals surface area contributed by atoms with Crippen molar-refractivity contribution in [2.24, 2.45) is 29.1 Å². The van der Waals surface area contributed by atoms with Crippen LogP contribution in [0, 0.1) is 29.1 Å². The molecule has 0 radical (unpaired) electrons. The average Bonchev–Trinajstić information content (AvgIpc) is 2.43. The number of rotatable bonds is 3. The van der Waals surface area contributed by atoms with Crippen molar-refractivity contribution in [2.45, 2.75) is 60.8 Å². The lowest BCUT2D eigenvalue weighted by molar-refractivity contribution is -0.116. The molecule has 1 saturated carbocycles. The summed E-state index contributed by atoms with van der Waals surface area (Å²) in [5, 5.41) is 0. The van der Waals surface area contributed by atoms with Crippen LogP contribution < -0.4 is 0 Å². The van der Waals surface area contributed by atoms with Gasteiger partial charge in [-0.25, -0.2) is 0 Å². The topological polar surface area (TPSA) is 17.1 Å². The Labute approximate surface area is 136 Å². The van der Waals surface area contributed by atoms with Crippen LogP contribution in [0.4, 0.5) is 0 Å². The summed E-state index contributed by atoms with van der Waals surface area (Å²) < 4.78 is 0. The number of hydrogen-bond donors (Lipinski definition) is 0. The molecule has 0 amide bonds. The van der Waals surface area contributed by atoms with Crippen LogP contribution in [0.3, 0.4) is 0 Å². The minimum Gasteiger partial charge on any atom is -0.303 e. The highest BCUT2D eigenvalue weighted by Crippen LogP contribution is 2.55. The fraction of sp³-hybridized carbons (Fsp3) is 0.667. The van der Waals surface area contributed by atoms with Crippen molar-refractivity contribution in [2.75, 3.05) is 0 Å². The van der Waals surface area contributed by atoms with Gasteiger partial charge in [0.2, 0.25) is 0 Å². The fourth-order valence-electron chi connectivity index (χ4n) is 5.11. The van der Waals surface area contributed by atoms with E-state index in [2.05, 4.69) is 59.8 Å². The molecule has 0 bridgehead atoms. The highest BCUT2D eigenvalue weighted by atomic mass is 16.1. The summed E-state index contributed by atoms with van der Waals surface area (Å²) >= 11 is 0. The standard InChI is InChI=1S/C21H32O/c1-7-14(2)10-16(4)20-17(5)12-21(6)11-15(3)8-9-19(21)18(20)13-22/h7,10,12-13,15,18-20H,8-9,11H2,1-6H3/b14-7+,16-10+/t15-,18+,19+,20-,21+/m1/s1. The van der Waals surface area contributed by atoms with E-state index in [1.807, 2.05) is 0 Å². The van der Waals surface area contributed by atoms with Crippen LogP contribution in [-0.2, 0) is 4.79 Å². The van der Waals surface area contributed by atoms with Gasteiger partial charge in [-0.05, 0) is 57.8 Å². The Morgan fingerprint density at radius 2 is 2.00 bits per heavy atom. The van der Waals surface area contributed by atoms with E-state index in [0.717, 1.165) is 5.92 Å². The molecule has 0 saturated heterocycles. The van der Waals surface area contributed by atoms with E-state index in [4.69, 9.17) is 0 Å². The van der Waals surface area contributed by atoms with Gasteiger partial charge in [-0.2, -0.15) is 0 Å². The van der Waals surface area contributed by atoms with Gasteiger partial charge in [-0.3, -0.25) is 0 Å². The van der Waals surface area contributed by atoms with Gasteiger partial charge in [-0.1, -0.05) is 55.2 Å². The van der Waals surface area contributed by atoms with Crippen LogP contribution in [0.2, 0.25) is 0 Å². The summed E-state index contributed by atoms with van der Waals surface area (Å²) in [5.41, 5.74) is 4.21. The van der Waals surface area contributed by atoms with E-state index in [0.29, 0.717) is 11.8 Å². The molecule has 122 valence electrons. The Bertz CT molecular complexity index is 522. The monoisotopic (exact) mass is 300 g/mol. The molecule has 2 aliphatic rings. The first-order valence-corrected chi connectivity index (χ1v) is 8.78. The minimum atomic E-state index is 0.142. The van der Waals surface area contributed by atoms with Crippen molar-refractivity contribution >= 4 is 6.29 Å². The predicted molar refractivity (Wildman–Crippen MR) is 94.6 cm³/mol. The third-order valence-electron chi connectivity index (χ3n) is 6.06. The quantitative estimate of drug-likeness (QED) is 0.369. The molecule has 1 heteroatoms. The molecular weight excluding hydrogens is 268 g/mol. The second-order valence-electron chi connectivity index (χ2n) is 8.00.